The Balaban J connectivity index is 2.60. The highest BCUT2D eigenvalue weighted by atomic mass is 15.3. The normalized spacial score (nSPS) is 13.5. The number of nitrogens with zero attached hydrogens (tertiary/aromatic N) is 2. The summed E-state index contributed by atoms with van der Waals surface area (Å²) in [4.78, 5) is 0. The lowest BCUT2D eigenvalue weighted by molar-refractivity contribution is 0.415. The number of hydrogen-bond acceptors (Lipinski definition) is 2. The summed E-state index contributed by atoms with van der Waals surface area (Å²) in [5.74, 6) is 1.55. The molecule has 0 aromatic carbocycles. The first kappa shape index (κ1) is 11.1. The van der Waals surface area contributed by atoms with Gasteiger partial charge in [-0.25, -0.2) is 4.68 Å². The van der Waals surface area contributed by atoms with E-state index in [1.165, 1.54) is 6.42 Å². The summed E-state index contributed by atoms with van der Waals surface area (Å²) in [6.45, 7) is 8.65. The van der Waals surface area contributed by atoms with Crippen LogP contribution in [-0.4, -0.2) is 9.78 Å². The van der Waals surface area contributed by atoms with Crippen molar-refractivity contribution < 1.29 is 0 Å². The molecule has 0 aliphatic rings. The third-order valence-corrected chi connectivity index (χ3v) is 2.61. The maximum absolute atomic E-state index is 5.91. The fraction of sp³-hybridized carbons (Fsp3) is 0.727. The first-order chi connectivity index (χ1) is 6.52. The van der Waals surface area contributed by atoms with Crippen LogP contribution in [0.15, 0.2) is 6.20 Å². The van der Waals surface area contributed by atoms with Crippen molar-refractivity contribution in [3.63, 3.8) is 0 Å². The zero-order chi connectivity index (χ0) is 10.7. The minimum absolute atomic E-state index is 0.408. The average Bonchev–Trinajstić information content (AvgIpc) is 2.44. The summed E-state index contributed by atoms with van der Waals surface area (Å²) < 4.78 is 1.93. The van der Waals surface area contributed by atoms with Crippen LogP contribution in [0.1, 0.15) is 45.2 Å². The van der Waals surface area contributed by atoms with E-state index in [1.807, 2.05) is 17.8 Å². The molecule has 1 heterocycles. The van der Waals surface area contributed by atoms with E-state index >= 15 is 0 Å². The molecule has 0 aliphatic carbocycles. The highest BCUT2D eigenvalue weighted by Crippen LogP contribution is 2.20. The summed E-state index contributed by atoms with van der Waals surface area (Å²) in [6, 6.07) is 0.408. The van der Waals surface area contributed by atoms with Crippen molar-refractivity contribution in [1.82, 2.24) is 9.78 Å². The van der Waals surface area contributed by atoms with Crippen molar-refractivity contribution in [2.75, 3.05) is 5.73 Å². The largest absolute Gasteiger partial charge is 0.384 e. The fourth-order valence-corrected chi connectivity index (χ4v) is 1.51. The molecular formula is C11H21N3. The smallest absolute Gasteiger partial charge is 0.124 e. The van der Waals surface area contributed by atoms with Crippen LogP contribution in [0.3, 0.4) is 0 Å². The SMILES string of the molecule is Cc1cnn(C(C)CCC(C)C)c1N. The molecule has 0 bridgehead atoms. The molecule has 1 atom stereocenters. The van der Waals surface area contributed by atoms with E-state index in [0.29, 0.717) is 6.04 Å². The molecule has 0 saturated heterocycles. The number of rotatable bonds is 4. The summed E-state index contributed by atoms with van der Waals surface area (Å²) in [5.41, 5.74) is 6.98. The molecule has 2 N–H and O–H groups in total. The van der Waals surface area contributed by atoms with Gasteiger partial charge < -0.3 is 5.73 Å². The molecule has 0 fully saturated rings. The van der Waals surface area contributed by atoms with Gasteiger partial charge in [-0.1, -0.05) is 13.8 Å². The first-order valence-corrected chi connectivity index (χ1v) is 5.32. The number of hydrogen-bond donors (Lipinski definition) is 1. The van der Waals surface area contributed by atoms with Gasteiger partial charge >= 0.3 is 0 Å². The Morgan fingerprint density at radius 2 is 2.00 bits per heavy atom. The highest BCUT2D eigenvalue weighted by molar-refractivity contribution is 5.37. The number of nitrogen functional groups attached to an aromatic ring is 1. The quantitative estimate of drug-likeness (QED) is 0.802. The molecule has 80 valence electrons. The van der Waals surface area contributed by atoms with Crippen LogP contribution in [0, 0.1) is 12.8 Å². The van der Waals surface area contributed by atoms with Gasteiger partial charge in [0.2, 0.25) is 0 Å². The van der Waals surface area contributed by atoms with Gasteiger partial charge in [-0.15, -0.1) is 0 Å². The van der Waals surface area contributed by atoms with Gasteiger partial charge in [-0.3, -0.25) is 0 Å². The van der Waals surface area contributed by atoms with E-state index in [-0.39, 0.29) is 0 Å². The molecule has 14 heavy (non-hydrogen) atoms. The van der Waals surface area contributed by atoms with Crippen molar-refractivity contribution in [2.24, 2.45) is 5.92 Å². The Hall–Kier alpha value is -0.990. The third kappa shape index (κ3) is 2.50. The zero-order valence-corrected chi connectivity index (χ0v) is 9.62. The minimum Gasteiger partial charge on any atom is -0.384 e. The molecule has 0 amide bonds. The molecule has 0 saturated carbocycles. The van der Waals surface area contributed by atoms with Gasteiger partial charge in [-0.2, -0.15) is 5.10 Å². The lowest BCUT2D eigenvalue weighted by atomic mass is 10.0. The maximum atomic E-state index is 5.91. The molecule has 1 rings (SSSR count). The molecule has 3 nitrogen and oxygen atoms in total. The van der Waals surface area contributed by atoms with Crippen molar-refractivity contribution >= 4 is 5.82 Å². The Kier molecular flexibility index (Phi) is 3.55. The fourth-order valence-electron chi connectivity index (χ4n) is 1.51. The van der Waals surface area contributed by atoms with Gasteiger partial charge in [0.25, 0.3) is 0 Å². The summed E-state index contributed by atoms with van der Waals surface area (Å²) >= 11 is 0. The lowest BCUT2D eigenvalue weighted by Gasteiger charge is -2.15. The molecule has 1 unspecified atom stereocenters. The number of anilines is 1. The molecule has 1 aromatic rings. The van der Waals surface area contributed by atoms with Crippen LogP contribution in [0.5, 0.6) is 0 Å². The van der Waals surface area contributed by atoms with E-state index in [4.69, 9.17) is 5.73 Å². The zero-order valence-electron chi connectivity index (χ0n) is 9.62. The van der Waals surface area contributed by atoms with Gasteiger partial charge in [0.15, 0.2) is 0 Å². The van der Waals surface area contributed by atoms with E-state index in [0.717, 1.165) is 23.7 Å². The molecule has 0 radical (unpaired) electrons. The topological polar surface area (TPSA) is 43.8 Å². The van der Waals surface area contributed by atoms with E-state index in [2.05, 4.69) is 25.9 Å². The number of aromatic nitrogens is 2. The van der Waals surface area contributed by atoms with Crippen LogP contribution in [0.2, 0.25) is 0 Å². The predicted octanol–water partition coefficient (Wildman–Crippen LogP) is 2.77. The van der Waals surface area contributed by atoms with Crippen LogP contribution in [0.4, 0.5) is 5.82 Å². The second-order valence-electron chi connectivity index (χ2n) is 4.48. The van der Waals surface area contributed by atoms with Crippen molar-refractivity contribution in [3.8, 4) is 0 Å². The Labute approximate surface area is 86.3 Å². The Morgan fingerprint density at radius 1 is 1.36 bits per heavy atom. The predicted molar refractivity (Wildman–Crippen MR) is 60.2 cm³/mol. The first-order valence-electron chi connectivity index (χ1n) is 5.32. The van der Waals surface area contributed by atoms with Crippen LogP contribution in [0.25, 0.3) is 0 Å². The Bertz CT molecular complexity index is 289. The maximum Gasteiger partial charge on any atom is 0.124 e. The monoisotopic (exact) mass is 195 g/mol. The minimum atomic E-state index is 0.408. The number of nitrogens with two attached hydrogens (primary N) is 1. The standard InChI is InChI=1S/C11H21N3/c1-8(2)5-6-10(4)14-11(12)9(3)7-13-14/h7-8,10H,5-6,12H2,1-4H3. The third-order valence-electron chi connectivity index (χ3n) is 2.61. The summed E-state index contributed by atoms with van der Waals surface area (Å²) in [6.07, 6.45) is 4.20. The average molecular weight is 195 g/mol. The van der Waals surface area contributed by atoms with E-state index in [9.17, 15) is 0 Å². The molecular weight excluding hydrogens is 174 g/mol. The second-order valence-corrected chi connectivity index (χ2v) is 4.48. The van der Waals surface area contributed by atoms with E-state index in [1.54, 1.807) is 0 Å². The highest BCUT2D eigenvalue weighted by Gasteiger charge is 2.10. The molecule has 3 heteroatoms. The van der Waals surface area contributed by atoms with Crippen molar-refractivity contribution in [2.45, 2.75) is 46.6 Å². The van der Waals surface area contributed by atoms with Crippen molar-refractivity contribution in [1.29, 1.82) is 0 Å². The second kappa shape index (κ2) is 4.49. The molecule has 1 aromatic heterocycles. The van der Waals surface area contributed by atoms with Gasteiger partial charge in [-0.05, 0) is 32.6 Å². The Morgan fingerprint density at radius 3 is 2.43 bits per heavy atom. The number of aryl methyl sites for hydroxylation is 1. The van der Waals surface area contributed by atoms with Crippen molar-refractivity contribution in [3.05, 3.63) is 11.8 Å². The summed E-state index contributed by atoms with van der Waals surface area (Å²) in [5, 5.41) is 4.28. The van der Waals surface area contributed by atoms with Gasteiger partial charge in [0, 0.05) is 5.56 Å². The lowest BCUT2D eigenvalue weighted by Crippen LogP contribution is -2.11. The molecule has 0 aliphatic heterocycles. The van der Waals surface area contributed by atoms with Crippen LogP contribution >= 0.6 is 0 Å². The van der Waals surface area contributed by atoms with Gasteiger partial charge in [0.1, 0.15) is 5.82 Å². The van der Waals surface area contributed by atoms with E-state index < -0.39 is 0 Å². The van der Waals surface area contributed by atoms with Gasteiger partial charge in [0.05, 0.1) is 12.2 Å². The van der Waals surface area contributed by atoms with Crippen LogP contribution < -0.4 is 5.73 Å². The molecule has 0 spiro atoms. The summed E-state index contributed by atoms with van der Waals surface area (Å²) in [7, 11) is 0. The van der Waals surface area contributed by atoms with Crippen LogP contribution in [-0.2, 0) is 0 Å².